The lowest BCUT2D eigenvalue weighted by Crippen LogP contribution is -2.49. The molecule has 11 heteroatoms. The second-order valence-corrected chi connectivity index (χ2v) is 13.0. The Labute approximate surface area is 258 Å². The van der Waals surface area contributed by atoms with Crippen molar-refractivity contribution in [3.05, 3.63) is 87.2 Å². The van der Waals surface area contributed by atoms with Gasteiger partial charge >= 0.3 is 5.97 Å². The predicted molar refractivity (Wildman–Crippen MR) is 164 cm³/mol. The van der Waals surface area contributed by atoms with Crippen LogP contribution in [0, 0.1) is 11.2 Å². The third-order valence-corrected chi connectivity index (χ3v) is 8.63. The highest BCUT2D eigenvalue weighted by Gasteiger charge is 2.66. The predicted octanol–water partition coefficient (Wildman–Crippen LogP) is 6.16. The molecule has 8 nitrogen and oxygen atoms in total. The molecule has 5 rings (SSSR count). The maximum Gasteiger partial charge on any atom is 0.307 e. The summed E-state index contributed by atoms with van der Waals surface area (Å²) in [5.41, 5.74) is 0.342. The number of carbonyl (C=O) groups is 3. The van der Waals surface area contributed by atoms with Crippen molar-refractivity contribution in [2.45, 2.75) is 57.0 Å². The number of methoxy groups -OCH3 is 1. The van der Waals surface area contributed by atoms with Crippen LogP contribution in [0.25, 0.3) is 0 Å². The molecule has 2 heterocycles. The van der Waals surface area contributed by atoms with Crippen molar-refractivity contribution in [1.82, 2.24) is 5.32 Å². The Bertz CT molecular complexity index is 1620. The zero-order valence-corrected chi connectivity index (χ0v) is 25.6. The zero-order chi connectivity index (χ0) is 31.3. The third kappa shape index (κ3) is 5.57. The number of hydrogen-bond donors (Lipinski definition) is 4. The largest absolute Gasteiger partial charge is 0.495 e. The molecule has 0 radical (unpaired) electrons. The Morgan fingerprint density at radius 3 is 2.53 bits per heavy atom. The molecule has 0 aliphatic carbocycles. The van der Waals surface area contributed by atoms with Crippen LogP contribution in [0.2, 0.25) is 10.0 Å². The number of anilines is 2. The van der Waals surface area contributed by atoms with E-state index in [9.17, 15) is 19.5 Å². The molecule has 4 N–H and O–H groups in total. The van der Waals surface area contributed by atoms with Gasteiger partial charge in [-0.15, -0.1) is 0 Å². The van der Waals surface area contributed by atoms with E-state index in [1.165, 1.54) is 19.2 Å². The number of carbonyl (C=O) groups excluding carboxylic acids is 2. The number of aliphatic carboxylic acids is 1. The average Bonchev–Trinajstić information content (AvgIpc) is 3.39. The first kappa shape index (κ1) is 30.8. The van der Waals surface area contributed by atoms with Crippen molar-refractivity contribution in [3.63, 3.8) is 0 Å². The fourth-order valence-corrected chi connectivity index (χ4v) is 6.84. The van der Waals surface area contributed by atoms with Gasteiger partial charge in [0.15, 0.2) is 0 Å². The van der Waals surface area contributed by atoms with Crippen molar-refractivity contribution in [1.29, 1.82) is 0 Å². The van der Waals surface area contributed by atoms with Gasteiger partial charge in [0.05, 0.1) is 30.3 Å². The number of amides is 2. The normalized spacial score (nSPS) is 22.8. The molecule has 2 aliphatic rings. The van der Waals surface area contributed by atoms with E-state index >= 15 is 4.39 Å². The Morgan fingerprint density at radius 1 is 1.12 bits per heavy atom. The van der Waals surface area contributed by atoms with Gasteiger partial charge in [-0.1, -0.05) is 68.2 Å². The van der Waals surface area contributed by atoms with Crippen LogP contribution in [-0.2, 0) is 26.2 Å². The lowest BCUT2D eigenvalue weighted by molar-refractivity contribution is -0.136. The van der Waals surface area contributed by atoms with Crippen LogP contribution >= 0.6 is 23.2 Å². The van der Waals surface area contributed by atoms with E-state index in [-0.39, 0.29) is 34.1 Å². The highest BCUT2D eigenvalue weighted by atomic mass is 35.5. The standard InChI is InChI=1S/C32H32Cl2FN3O5/c1-31(2,3)15-24-32(19-10-9-17(33)14-22(19)37-30(32)42)26(18-6-5-7-20(34)27(18)35)28(38-24)29(41)36-21-11-8-16(13-25(39)40)12-23(21)43-4/h5-12,14,24,26,28,38H,13,15H2,1-4H3,(H,36,41)(H,37,42)(H,39,40)/t24-,26?,28+,32+/m0/s1. The quantitative estimate of drug-likeness (QED) is 0.249. The lowest BCUT2D eigenvalue weighted by Gasteiger charge is -2.37. The van der Waals surface area contributed by atoms with Gasteiger partial charge in [0, 0.05) is 22.7 Å². The molecule has 3 aromatic carbocycles. The summed E-state index contributed by atoms with van der Waals surface area (Å²) in [5.74, 6) is -3.38. The molecule has 226 valence electrons. The van der Waals surface area contributed by atoms with E-state index in [1.54, 1.807) is 42.5 Å². The smallest absolute Gasteiger partial charge is 0.307 e. The van der Waals surface area contributed by atoms with E-state index in [0.717, 1.165) is 0 Å². The molecule has 1 unspecified atom stereocenters. The highest BCUT2D eigenvalue weighted by Crippen LogP contribution is 2.57. The summed E-state index contributed by atoms with van der Waals surface area (Å²) in [4.78, 5) is 39.7. The number of fused-ring (bicyclic) bond motifs is 2. The first-order valence-electron chi connectivity index (χ1n) is 13.8. The Hall–Kier alpha value is -3.66. The molecule has 1 saturated heterocycles. The molecule has 0 aromatic heterocycles. The minimum absolute atomic E-state index is 0.123. The van der Waals surface area contributed by atoms with E-state index < -0.39 is 41.1 Å². The van der Waals surface area contributed by atoms with Crippen LogP contribution in [0.3, 0.4) is 0 Å². The average molecular weight is 629 g/mol. The Morgan fingerprint density at radius 2 is 1.86 bits per heavy atom. The van der Waals surface area contributed by atoms with Crippen LogP contribution < -0.4 is 20.7 Å². The van der Waals surface area contributed by atoms with Gasteiger partial charge in [0.2, 0.25) is 11.8 Å². The first-order valence-corrected chi connectivity index (χ1v) is 14.5. The van der Waals surface area contributed by atoms with Crippen LogP contribution in [0.15, 0.2) is 54.6 Å². The maximum atomic E-state index is 15.9. The van der Waals surface area contributed by atoms with Gasteiger partial charge in [-0.2, -0.15) is 0 Å². The molecule has 3 aromatic rings. The minimum atomic E-state index is -1.39. The van der Waals surface area contributed by atoms with E-state index in [2.05, 4.69) is 16.0 Å². The SMILES string of the molecule is COc1cc(CC(=O)O)ccc1NC(=O)[C@@H]1N[C@@H](CC(C)(C)C)[C@@]2(C(=O)Nc3cc(Cl)ccc32)C1c1cccc(Cl)c1F. The van der Waals surface area contributed by atoms with Gasteiger partial charge in [-0.05, 0) is 58.9 Å². The molecule has 2 aliphatic heterocycles. The number of nitrogens with one attached hydrogen (secondary N) is 3. The number of benzene rings is 3. The highest BCUT2D eigenvalue weighted by molar-refractivity contribution is 6.31. The molecule has 2 amide bonds. The molecule has 0 saturated carbocycles. The third-order valence-electron chi connectivity index (χ3n) is 8.10. The second-order valence-electron chi connectivity index (χ2n) is 12.2. The number of halogens is 3. The molecule has 1 fully saturated rings. The first-order chi connectivity index (χ1) is 20.3. The number of carboxylic acid groups (broad SMARTS) is 1. The van der Waals surface area contributed by atoms with Crippen molar-refractivity contribution >= 4 is 52.4 Å². The van der Waals surface area contributed by atoms with Crippen LogP contribution in [-0.4, -0.2) is 42.1 Å². The number of carboxylic acids is 1. The van der Waals surface area contributed by atoms with Crippen molar-refractivity contribution in [2.24, 2.45) is 5.41 Å². The summed E-state index contributed by atoms with van der Waals surface area (Å²) in [6.07, 6.45) is 0.249. The lowest BCUT2D eigenvalue weighted by atomic mass is 9.62. The van der Waals surface area contributed by atoms with Gasteiger partial charge in [0.25, 0.3) is 0 Å². The fourth-order valence-electron chi connectivity index (χ4n) is 6.49. The van der Waals surface area contributed by atoms with Gasteiger partial charge in [0.1, 0.15) is 17.0 Å². The number of ether oxygens (including phenoxy) is 1. The molecule has 1 spiro atoms. The van der Waals surface area contributed by atoms with Gasteiger partial charge < -0.3 is 25.8 Å². The zero-order valence-electron chi connectivity index (χ0n) is 24.1. The fraction of sp³-hybridized carbons (Fsp3) is 0.344. The minimum Gasteiger partial charge on any atom is -0.495 e. The molecular weight excluding hydrogens is 596 g/mol. The van der Waals surface area contributed by atoms with Crippen molar-refractivity contribution < 1.29 is 28.6 Å². The van der Waals surface area contributed by atoms with E-state index in [4.69, 9.17) is 27.9 Å². The van der Waals surface area contributed by atoms with Crippen LogP contribution in [0.4, 0.5) is 15.8 Å². The monoisotopic (exact) mass is 627 g/mol. The molecule has 43 heavy (non-hydrogen) atoms. The molecule has 0 bridgehead atoms. The summed E-state index contributed by atoms with van der Waals surface area (Å²) in [6.45, 7) is 6.10. The summed E-state index contributed by atoms with van der Waals surface area (Å²) in [7, 11) is 1.41. The summed E-state index contributed by atoms with van der Waals surface area (Å²) in [6, 6.07) is 12.7. The van der Waals surface area contributed by atoms with E-state index in [1.807, 2.05) is 20.8 Å². The number of hydrogen-bond acceptors (Lipinski definition) is 5. The summed E-state index contributed by atoms with van der Waals surface area (Å²) >= 11 is 12.6. The van der Waals surface area contributed by atoms with Crippen molar-refractivity contribution in [2.75, 3.05) is 17.7 Å². The Balaban J connectivity index is 1.67. The van der Waals surface area contributed by atoms with Crippen molar-refractivity contribution in [3.8, 4) is 5.75 Å². The van der Waals surface area contributed by atoms with Crippen LogP contribution in [0.5, 0.6) is 5.75 Å². The van der Waals surface area contributed by atoms with Gasteiger partial charge in [-0.25, -0.2) is 4.39 Å². The summed E-state index contributed by atoms with van der Waals surface area (Å²) < 4.78 is 21.4. The number of rotatable bonds is 7. The topological polar surface area (TPSA) is 117 Å². The maximum absolute atomic E-state index is 15.9. The van der Waals surface area contributed by atoms with E-state index in [0.29, 0.717) is 33.9 Å². The molecular formula is C32H32Cl2FN3O5. The van der Waals surface area contributed by atoms with Gasteiger partial charge in [-0.3, -0.25) is 14.4 Å². The second kappa shape index (κ2) is 11.4. The molecule has 4 atom stereocenters. The van der Waals surface area contributed by atoms with Crippen LogP contribution in [0.1, 0.15) is 49.8 Å². The Kier molecular flexibility index (Phi) is 8.19. The summed E-state index contributed by atoms with van der Waals surface area (Å²) in [5, 5.41) is 18.7.